The van der Waals surface area contributed by atoms with Crippen molar-refractivity contribution in [2.75, 3.05) is 10.6 Å². The number of fused-ring (bicyclic) bond motifs is 1. The number of rotatable bonds is 2. The summed E-state index contributed by atoms with van der Waals surface area (Å²) in [5.74, 6) is 0. The van der Waals surface area contributed by atoms with Crippen LogP contribution in [0.2, 0.25) is 0 Å². The molecule has 0 unspecified atom stereocenters. The number of hydrogen-bond donors (Lipinski definition) is 2. The van der Waals surface area contributed by atoms with Crippen LogP contribution in [0.5, 0.6) is 0 Å². The lowest BCUT2D eigenvalue weighted by Gasteiger charge is -2.04. The summed E-state index contributed by atoms with van der Waals surface area (Å²) in [6, 6.07) is 10.7. The van der Waals surface area contributed by atoms with Gasteiger partial charge in [-0.25, -0.2) is 14.8 Å². The summed E-state index contributed by atoms with van der Waals surface area (Å²) >= 11 is 4.68. The standard InChI is InChI=1S/C13H9BrN4OS/c14-8-3-5-9(6-4-8)16-12(19)18-13-17-10-2-1-7-15-11(10)20-13/h1-7H,(H2,16,17,18,19). The molecular weight excluding hydrogens is 340 g/mol. The Kier molecular flexibility index (Phi) is 3.62. The normalized spacial score (nSPS) is 10.4. The number of urea groups is 1. The minimum Gasteiger partial charge on any atom is -0.308 e. The maximum atomic E-state index is 11.9. The highest BCUT2D eigenvalue weighted by Gasteiger charge is 2.08. The van der Waals surface area contributed by atoms with Gasteiger partial charge in [0.05, 0.1) is 0 Å². The van der Waals surface area contributed by atoms with Crippen LogP contribution >= 0.6 is 27.3 Å². The van der Waals surface area contributed by atoms with E-state index in [0.717, 1.165) is 14.8 Å². The Morgan fingerprint density at radius 2 is 1.95 bits per heavy atom. The van der Waals surface area contributed by atoms with Crippen molar-refractivity contribution in [3.8, 4) is 0 Å². The molecule has 0 bridgehead atoms. The predicted octanol–water partition coefficient (Wildman–Crippen LogP) is 4.10. The van der Waals surface area contributed by atoms with E-state index in [1.165, 1.54) is 11.3 Å². The second-order valence-electron chi connectivity index (χ2n) is 3.93. The summed E-state index contributed by atoms with van der Waals surface area (Å²) in [6.45, 7) is 0. The van der Waals surface area contributed by atoms with Gasteiger partial charge >= 0.3 is 6.03 Å². The molecule has 3 rings (SSSR count). The summed E-state index contributed by atoms with van der Waals surface area (Å²) in [6.07, 6.45) is 1.70. The first kappa shape index (κ1) is 13.0. The molecule has 0 aliphatic heterocycles. The molecule has 0 atom stereocenters. The number of hydrogen-bond acceptors (Lipinski definition) is 4. The fraction of sp³-hybridized carbons (Fsp3) is 0. The molecule has 2 amide bonds. The van der Waals surface area contributed by atoms with Crippen LogP contribution in [0, 0.1) is 0 Å². The molecule has 2 aromatic heterocycles. The summed E-state index contributed by atoms with van der Waals surface area (Å²) in [4.78, 5) is 21.1. The zero-order valence-electron chi connectivity index (χ0n) is 10.1. The van der Waals surface area contributed by atoms with Crippen molar-refractivity contribution in [3.63, 3.8) is 0 Å². The predicted molar refractivity (Wildman–Crippen MR) is 84.2 cm³/mol. The van der Waals surface area contributed by atoms with Gasteiger partial charge in [0, 0.05) is 16.4 Å². The van der Waals surface area contributed by atoms with Gasteiger partial charge in [0.1, 0.15) is 10.3 Å². The minimum atomic E-state index is -0.327. The Morgan fingerprint density at radius 1 is 1.15 bits per heavy atom. The molecule has 0 aliphatic rings. The van der Waals surface area contributed by atoms with Gasteiger partial charge in [-0.2, -0.15) is 0 Å². The van der Waals surface area contributed by atoms with E-state index in [4.69, 9.17) is 0 Å². The number of carbonyl (C=O) groups excluding carboxylic acids is 1. The largest absolute Gasteiger partial charge is 0.325 e. The molecule has 2 heterocycles. The highest BCUT2D eigenvalue weighted by atomic mass is 79.9. The van der Waals surface area contributed by atoms with Gasteiger partial charge in [0.25, 0.3) is 0 Å². The van der Waals surface area contributed by atoms with Crippen molar-refractivity contribution in [2.45, 2.75) is 0 Å². The smallest absolute Gasteiger partial charge is 0.308 e. The molecule has 0 fully saturated rings. The van der Waals surface area contributed by atoms with E-state index in [1.807, 2.05) is 36.4 Å². The molecule has 2 N–H and O–H groups in total. The maximum Gasteiger partial charge on any atom is 0.325 e. The lowest BCUT2D eigenvalue weighted by molar-refractivity contribution is 0.262. The Balaban J connectivity index is 1.70. The molecule has 0 spiro atoms. The third-order valence-corrected chi connectivity index (χ3v) is 3.91. The lowest BCUT2D eigenvalue weighted by atomic mass is 10.3. The van der Waals surface area contributed by atoms with Gasteiger partial charge in [-0.05, 0) is 36.4 Å². The average Bonchev–Trinajstić information content (AvgIpc) is 2.83. The van der Waals surface area contributed by atoms with Crippen LogP contribution in [0.3, 0.4) is 0 Å². The van der Waals surface area contributed by atoms with Gasteiger partial charge in [0.15, 0.2) is 5.13 Å². The second-order valence-corrected chi connectivity index (χ2v) is 5.83. The third kappa shape index (κ3) is 2.94. The van der Waals surface area contributed by atoms with Crippen molar-refractivity contribution in [3.05, 3.63) is 47.1 Å². The topological polar surface area (TPSA) is 66.9 Å². The SMILES string of the molecule is O=C(Nc1ccc(Br)cc1)Nc1nc2cccnc2s1. The molecule has 5 nitrogen and oxygen atoms in total. The molecule has 0 saturated heterocycles. The molecular formula is C13H9BrN4OS. The van der Waals surface area contributed by atoms with Crippen LogP contribution < -0.4 is 10.6 Å². The van der Waals surface area contributed by atoms with Crippen molar-refractivity contribution < 1.29 is 4.79 Å². The molecule has 20 heavy (non-hydrogen) atoms. The summed E-state index contributed by atoms with van der Waals surface area (Å²) in [5.41, 5.74) is 1.49. The van der Waals surface area contributed by atoms with E-state index in [-0.39, 0.29) is 6.03 Å². The average molecular weight is 349 g/mol. The van der Waals surface area contributed by atoms with Gasteiger partial charge in [0.2, 0.25) is 0 Å². The number of anilines is 2. The number of pyridine rings is 1. The Morgan fingerprint density at radius 3 is 2.70 bits per heavy atom. The monoisotopic (exact) mass is 348 g/mol. The first-order valence-electron chi connectivity index (χ1n) is 5.76. The second kappa shape index (κ2) is 5.56. The first-order valence-corrected chi connectivity index (χ1v) is 7.37. The number of benzene rings is 1. The van der Waals surface area contributed by atoms with Gasteiger partial charge in [-0.15, -0.1) is 0 Å². The molecule has 0 radical (unpaired) electrons. The molecule has 0 saturated carbocycles. The minimum absolute atomic E-state index is 0.327. The summed E-state index contributed by atoms with van der Waals surface area (Å²) in [7, 11) is 0. The van der Waals surface area contributed by atoms with Crippen molar-refractivity contribution in [1.82, 2.24) is 9.97 Å². The fourth-order valence-corrected chi connectivity index (χ4v) is 2.68. The van der Waals surface area contributed by atoms with Crippen LogP contribution in [-0.2, 0) is 0 Å². The number of thiazole rings is 1. The molecule has 1 aromatic carbocycles. The summed E-state index contributed by atoms with van der Waals surface area (Å²) < 4.78 is 0.959. The zero-order chi connectivity index (χ0) is 13.9. The number of amides is 2. The van der Waals surface area contributed by atoms with Crippen molar-refractivity contribution in [1.29, 1.82) is 0 Å². The van der Waals surface area contributed by atoms with Gasteiger partial charge < -0.3 is 5.32 Å². The van der Waals surface area contributed by atoms with Crippen LogP contribution in [0.25, 0.3) is 10.3 Å². The van der Waals surface area contributed by atoms with E-state index in [0.29, 0.717) is 10.8 Å². The highest BCUT2D eigenvalue weighted by Crippen LogP contribution is 2.23. The van der Waals surface area contributed by atoms with Crippen LogP contribution in [0.1, 0.15) is 0 Å². The summed E-state index contributed by atoms with van der Waals surface area (Å²) in [5, 5.41) is 5.96. The molecule has 100 valence electrons. The Labute approximate surface area is 127 Å². The van der Waals surface area contributed by atoms with Crippen molar-refractivity contribution >= 4 is 54.5 Å². The molecule has 0 aliphatic carbocycles. The lowest BCUT2D eigenvalue weighted by Crippen LogP contribution is -2.19. The number of carbonyl (C=O) groups is 1. The van der Waals surface area contributed by atoms with Crippen LogP contribution in [0.15, 0.2) is 47.1 Å². The Bertz CT molecular complexity index is 723. The number of aromatic nitrogens is 2. The zero-order valence-corrected chi connectivity index (χ0v) is 12.5. The van der Waals surface area contributed by atoms with E-state index >= 15 is 0 Å². The number of nitrogens with one attached hydrogen (secondary N) is 2. The Hall–Kier alpha value is -1.99. The highest BCUT2D eigenvalue weighted by molar-refractivity contribution is 9.10. The van der Waals surface area contributed by atoms with E-state index < -0.39 is 0 Å². The fourth-order valence-electron chi connectivity index (χ4n) is 1.62. The third-order valence-electron chi connectivity index (χ3n) is 2.49. The first-order chi connectivity index (χ1) is 9.70. The maximum absolute atomic E-state index is 11.9. The van der Waals surface area contributed by atoms with Crippen molar-refractivity contribution in [2.24, 2.45) is 0 Å². The van der Waals surface area contributed by atoms with Crippen LogP contribution in [0.4, 0.5) is 15.6 Å². The van der Waals surface area contributed by atoms with E-state index in [9.17, 15) is 4.79 Å². The van der Waals surface area contributed by atoms with E-state index in [2.05, 4.69) is 36.5 Å². The number of halogens is 1. The van der Waals surface area contributed by atoms with Gasteiger partial charge in [-0.3, -0.25) is 5.32 Å². The molecule has 3 aromatic rings. The van der Waals surface area contributed by atoms with E-state index in [1.54, 1.807) is 6.20 Å². The number of nitrogens with zero attached hydrogens (tertiary/aromatic N) is 2. The molecule has 7 heteroatoms. The van der Waals surface area contributed by atoms with Gasteiger partial charge in [-0.1, -0.05) is 27.3 Å². The quantitative estimate of drug-likeness (QED) is 0.732. The van der Waals surface area contributed by atoms with Crippen LogP contribution in [-0.4, -0.2) is 16.0 Å².